The Hall–Kier alpha value is -0.970. The number of aryl methyl sites for hydroxylation is 1. The molecule has 106 valence electrons. The molecular weight excluding hydrogens is 243 g/mol. The van der Waals surface area contributed by atoms with Crippen molar-refractivity contribution in [2.24, 2.45) is 0 Å². The number of hydrogen-bond donors (Lipinski definition) is 1. The molecule has 2 rings (SSSR count). The van der Waals surface area contributed by atoms with E-state index in [-0.39, 0.29) is 5.82 Å². The summed E-state index contributed by atoms with van der Waals surface area (Å²) in [7, 11) is 0. The van der Waals surface area contributed by atoms with Crippen molar-refractivity contribution in [2.45, 2.75) is 26.4 Å². The summed E-state index contributed by atoms with van der Waals surface area (Å²) in [6.45, 7) is 9.48. The molecule has 1 N–H and O–H groups in total. The number of nitrogens with one attached hydrogen (secondary N) is 1. The molecule has 0 saturated carbocycles. The summed E-state index contributed by atoms with van der Waals surface area (Å²) in [5, 5.41) is 3.45. The van der Waals surface area contributed by atoms with Crippen molar-refractivity contribution in [1.29, 1.82) is 0 Å². The molecule has 0 bridgehead atoms. The van der Waals surface area contributed by atoms with Crippen LogP contribution in [0, 0.1) is 12.7 Å². The Labute approximate surface area is 114 Å². The van der Waals surface area contributed by atoms with Crippen LogP contribution in [0.1, 0.15) is 18.1 Å². The molecule has 1 aliphatic heterocycles. The fraction of sp³-hybridized carbons (Fsp3) is 0.600. The predicted octanol–water partition coefficient (Wildman–Crippen LogP) is 1.94. The third-order valence-corrected chi connectivity index (χ3v) is 3.39. The van der Waals surface area contributed by atoms with Crippen LogP contribution in [0.25, 0.3) is 0 Å². The quantitative estimate of drug-likeness (QED) is 0.881. The highest BCUT2D eigenvalue weighted by Gasteiger charge is 2.13. The molecule has 1 fully saturated rings. The average molecular weight is 266 g/mol. The van der Waals surface area contributed by atoms with Crippen LogP contribution in [0.4, 0.5) is 4.39 Å². The second kappa shape index (κ2) is 6.98. The molecule has 0 radical (unpaired) electrons. The molecule has 4 heteroatoms. The van der Waals surface area contributed by atoms with Crippen molar-refractivity contribution >= 4 is 0 Å². The van der Waals surface area contributed by atoms with Gasteiger partial charge < -0.3 is 10.1 Å². The molecule has 1 aromatic carbocycles. The number of morpholine rings is 1. The van der Waals surface area contributed by atoms with Gasteiger partial charge in [-0.05, 0) is 37.1 Å². The van der Waals surface area contributed by atoms with Gasteiger partial charge in [-0.25, -0.2) is 4.39 Å². The maximum atomic E-state index is 13.3. The van der Waals surface area contributed by atoms with Crippen molar-refractivity contribution in [2.75, 3.05) is 32.8 Å². The fourth-order valence-corrected chi connectivity index (χ4v) is 2.44. The molecular formula is C15H23FN2O. The van der Waals surface area contributed by atoms with Crippen LogP contribution >= 0.6 is 0 Å². The maximum absolute atomic E-state index is 13.3. The highest BCUT2D eigenvalue weighted by Crippen LogP contribution is 2.08. The van der Waals surface area contributed by atoms with Gasteiger partial charge in [-0.2, -0.15) is 0 Å². The molecule has 1 saturated heterocycles. The van der Waals surface area contributed by atoms with Gasteiger partial charge in [0, 0.05) is 32.2 Å². The van der Waals surface area contributed by atoms with Crippen LogP contribution in [-0.4, -0.2) is 43.8 Å². The summed E-state index contributed by atoms with van der Waals surface area (Å²) in [5.41, 5.74) is 1.98. The van der Waals surface area contributed by atoms with E-state index in [4.69, 9.17) is 4.74 Å². The molecule has 1 heterocycles. The lowest BCUT2D eigenvalue weighted by Crippen LogP contribution is -2.44. The van der Waals surface area contributed by atoms with Gasteiger partial charge in [0.15, 0.2) is 0 Å². The second-order valence-electron chi connectivity index (χ2n) is 5.33. The van der Waals surface area contributed by atoms with Gasteiger partial charge in [0.1, 0.15) is 5.82 Å². The average Bonchev–Trinajstić information content (AvgIpc) is 2.36. The summed E-state index contributed by atoms with van der Waals surface area (Å²) < 4.78 is 18.6. The number of rotatable bonds is 5. The van der Waals surface area contributed by atoms with E-state index < -0.39 is 0 Å². The zero-order valence-corrected chi connectivity index (χ0v) is 11.8. The standard InChI is InChI=1S/C15H23FN2O/c1-12-7-14(9-15(16)8-12)10-17-13(2)11-18-3-5-19-6-4-18/h7-9,13,17H,3-6,10-11H2,1-2H3. The van der Waals surface area contributed by atoms with E-state index in [1.807, 2.05) is 13.0 Å². The van der Waals surface area contributed by atoms with Crippen LogP contribution in [0.3, 0.4) is 0 Å². The number of nitrogens with zero attached hydrogens (tertiary/aromatic N) is 1. The summed E-state index contributed by atoms with van der Waals surface area (Å²) in [4.78, 5) is 2.40. The van der Waals surface area contributed by atoms with E-state index >= 15 is 0 Å². The number of benzene rings is 1. The van der Waals surface area contributed by atoms with Gasteiger partial charge in [-0.1, -0.05) is 6.07 Å². The van der Waals surface area contributed by atoms with Crippen LogP contribution in [-0.2, 0) is 11.3 Å². The number of ether oxygens (including phenoxy) is 1. The summed E-state index contributed by atoms with van der Waals surface area (Å²) in [5.74, 6) is -0.155. The Bertz CT molecular complexity index is 385. The fourth-order valence-electron chi connectivity index (χ4n) is 2.44. The minimum absolute atomic E-state index is 0.155. The first kappa shape index (κ1) is 14.4. The molecule has 0 aromatic heterocycles. The highest BCUT2D eigenvalue weighted by atomic mass is 19.1. The molecule has 1 unspecified atom stereocenters. The Kier molecular flexibility index (Phi) is 5.31. The lowest BCUT2D eigenvalue weighted by atomic mass is 10.1. The largest absolute Gasteiger partial charge is 0.379 e. The first-order valence-corrected chi connectivity index (χ1v) is 6.93. The lowest BCUT2D eigenvalue weighted by molar-refractivity contribution is 0.0343. The number of halogens is 1. The van der Waals surface area contributed by atoms with E-state index in [9.17, 15) is 4.39 Å². The SMILES string of the molecule is Cc1cc(F)cc(CNC(C)CN2CCOCC2)c1. The van der Waals surface area contributed by atoms with Gasteiger partial charge in [0.25, 0.3) is 0 Å². The topological polar surface area (TPSA) is 24.5 Å². The van der Waals surface area contributed by atoms with Crippen molar-refractivity contribution in [3.05, 3.63) is 35.1 Å². The first-order chi connectivity index (χ1) is 9.13. The van der Waals surface area contributed by atoms with Gasteiger partial charge in [-0.15, -0.1) is 0 Å². The molecule has 3 nitrogen and oxygen atoms in total. The van der Waals surface area contributed by atoms with E-state index in [0.717, 1.165) is 44.0 Å². The van der Waals surface area contributed by atoms with Crippen LogP contribution < -0.4 is 5.32 Å². The van der Waals surface area contributed by atoms with Crippen molar-refractivity contribution in [1.82, 2.24) is 10.2 Å². The monoisotopic (exact) mass is 266 g/mol. The predicted molar refractivity (Wildman–Crippen MR) is 74.7 cm³/mol. The van der Waals surface area contributed by atoms with Crippen molar-refractivity contribution < 1.29 is 9.13 Å². The zero-order valence-electron chi connectivity index (χ0n) is 11.8. The van der Waals surface area contributed by atoms with E-state index in [2.05, 4.69) is 17.1 Å². The minimum Gasteiger partial charge on any atom is -0.379 e. The molecule has 1 aliphatic rings. The smallest absolute Gasteiger partial charge is 0.123 e. The molecule has 19 heavy (non-hydrogen) atoms. The Morgan fingerprint density at radius 2 is 2.05 bits per heavy atom. The van der Waals surface area contributed by atoms with Crippen molar-refractivity contribution in [3.8, 4) is 0 Å². The normalized spacial score (nSPS) is 18.5. The number of hydrogen-bond acceptors (Lipinski definition) is 3. The van der Waals surface area contributed by atoms with Crippen LogP contribution in [0.5, 0.6) is 0 Å². The molecule has 0 aliphatic carbocycles. The summed E-state index contributed by atoms with van der Waals surface area (Å²) in [6.07, 6.45) is 0. The van der Waals surface area contributed by atoms with Crippen LogP contribution in [0.15, 0.2) is 18.2 Å². The molecule has 0 amide bonds. The Balaban J connectivity index is 1.77. The third kappa shape index (κ3) is 4.90. The minimum atomic E-state index is -0.155. The second-order valence-corrected chi connectivity index (χ2v) is 5.33. The van der Waals surface area contributed by atoms with E-state index in [1.54, 1.807) is 12.1 Å². The summed E-state index contributed by atoms with van der Waals surface area (Å²) >= 11 is 0. The summed E-state index contributed by atoms with van der Waals surface area (Å²) in [6, 6.07) is 5.57. The molecule has 0 spiro atoms. The van der Waals surface area contributed by atoms with Crippen LogP contribution in [0.2, 0.25) is 0 Å². The van der Waals surface area contributed by atoms with Gasteiger partial charge in [-0.3, -0.25) is 4.90 Å². The maximum Gasteiger partial charge on any atom is 0.123 e. The van der Waals surface area contributed by atoms with Gasteiger partial charge >= 0.3 is 0 Å². The van der Waals surface area contributed by atoms with Crippen molar-refractivity contribution in [3.63, 3.8) is 0 Å². The van der Waals surface area contributed by atoms with Gasteiger partial charge in [0.05, 0.1) is 13.2 Å². The lowest BCUT2D eigenvalue weighted by Gasteiger charge is -2.29. The highest BCUT2D eigenvalue weighted by molar-refractivity contribution is 5.23. The molecule has 1 atom stereocenters. The van der Waals surface area contributed by atoms with E-state index in [1.165, 1.54) is 0 Å². The Morgan fingerprint density at radius 3 is 2.74 bits per heavy atom. The molecule has 1 aromatic rings. The zero-order chi connectivity index (χ0) is 13.7. The van der Waals surface area contributed by atoms with E-state index in [0.29, 0.717) is 12.6 Å². The Morgan fingerprint density at radius 1 is 1.32 bits per heavy atom. The van der Waals surface area contributed by atoms with Gasteiger partial charge in [0.2, 0.25) is 0 Å². The third-order valence-electron chi connectivity index (χ3n) is 3.39. The first-order valence-electron chi connectivity index (χ1n) is 6.93.